The van der Waals surface area contributed by atoms with Crippen LogP contribution in [0.25, 0.3) is 0 Å². The maximum Gasteiger partial charge on any atom is 0.326 e. The van der Waals surface area contributed by atoms with E-state index >= 15 is 0 Å². The molecule has 206 valence electrons. The van der Waals surface area contributed by atoms with Gasteiger partial charge in [0.15, 0.2) is 5.96 Å². The number of aliphatic imine (C=N–C) groups is 1. The van der Waals surface area contributed by atoms with Crippen molar-refractivity contribution in [2.24, 2.45) is 27.9 Å². The van der Waals surface area contributed by atoms with Gasteiger partial charge in [-0.15, -0.1) is 0 Å². The van der Waals surface area contributed by atoms with Crippen LogP contribution in [0.15, 0.2) is 4.99 Å². The fraction of sp³-hybridized carbons (Fsp3) is 0.700. The highest BCUT2D eigenvalue weighted by Crippen LogP contribution is 2.07. The third kappa shape index (κ3) is 14.3. The number of hydrogen-bond donors (Lipinski definition) is 10. The number of carboxylic acids is 2. The summed E-state index contributed by atoms with van der Waals surface area (Å²) in [6, 6.07) is -4.70. The topological polar surface area (TPSA) is 278 Å². The van der Waals surface area contributed by atoms with Gasteiger partial charge in [-0.1, -0.05) is 0 Å². The van der Waals surface area contributed by atoms with Crippen LogP contribution in [0.5, 0.6) is 0 Å². The number of nitrogens with two attached hydrogens (primary N) is 4. The summed E-state index contributed by atoms with van der Waals surface area (Å²) in [4.78, 5) is 64.2. The molecule has 0 aliphatic rings. The second-order valence-electron chi connectivity index (χ2n) is 7.98. The molecule has 0 aliphatic heterocycles. The van der Waals surface area contributed by atoms with Crippen LogP contribution < -0.4 is 38.9 Å². The van der Waals surface area contributed by atoms with Crippen LogP contribution in [-0.4, -0.2) is 88.8 Å². The SMILES string of the molecule is NCCCCC(NC(=O)C(N)CS)C(=O)NC(CCCN=C(N)N)C(=O)NC(CCC(=O)O)C(=O)O. The highest BCUT2D eigenvalue weighted by Gasteiger charge is 2.30. The summed E-state index contributed by atoms with van der Waals surface area (Å²) in [5, 5.41) is 25.5. The third-order valence-corrected chi connectivity index (χ3v) is 5.35. The first-order valence-corrected chi connectivity index (χ1v) is 12.0. The van der Waals surface area contributed by atoms with E-state index in [1.807, 2.05) is 0 Å². The molecule has 0 fully saturated rings. The summed E-state index contributed by atoms with van der Waals surface area (Å²) in [7, 11) is 0. The first kappa shape index (κ1) is 32.9. The van der Waals surface area contributed by atoms with Crippen LogP contribution in [0.4, 0.5) is 0 Å². The molecular weight excluding hydrogens is 496 g/mol. The molecule has 0 aromatic heterocycles. The van der Waals surface area contributed by atoms with Crippen LogP contribution in [0, 0.1) is 0 Å². The van der Waals surface area contributed by atoms with Crippen LogP contribution in [0.3, 0.4) is 0 Å². The van der Waals surface area contributed by atoms with Crippen molar-refractivity contribution < 1.29 is 34.2 Å². The predicted molar refractivity (Wildman–Crippen MR) is 135 cm³/mol. The summed E-state index contributed by atoms with van der Waals surface area (Å²) >= 11 is 3.97. The highest BCUT2D eigenvalue weighted by molar-refractivity contribution is 7.80. The van der Waals surface area contributed by atoms with Gasteiger partial charge in [-0.05, 0) is 45.1 Å². The Balaban J connectivity index is 5.60. The molecule has 0 saturated carbocycles. The molecular formula is C20H38N8O7S. The number of thiol groups is 1. The molecule has 16 heteroatoms. The second-order valence-corrected chi connectivity index (χ2v) is 8.34. The Morgan fingerprint density at radius 1 is 0.806 bits per heavy atom. The van der Waals surface area contributed by atoms with Gasteiger partial charge >= 0.3 is 11.9 Å². The molecule has 36 heavy (non-hydrogen) atoms. The average Bonchev–Trinajstić information content (AvgIpc) is 2.81. The van der Waals surface area contributed by atoms with Gasteiger partial charge in [0.25, 0.3) is 0 Å². The molecule has 0 saturated heterocycles. The van der Waals surface area contributed by atoms with Crippen LogP contribution in [0.2, 0.25) is 0 Å². The number of nitrogens with zero attached hydrogens (tertiary/aromatic N) is 1. The summed E-state index contributed by atoms with van der Waals surface area (Å²) in [6.07, 6.45) is 0.737. The Kier molecular flexibility index (Phi) is 16.6. The first-order valence-electron chi connectivity index (χ1n) is 11.4. The van der Waals surface area contributed by atoms with Crippen LogP contribution in [0.1, 0.15) is 44.9 Å². The molecule has 4 atom stereocenters. The number of aliphatic carboxylic acids is 2. The van der Waals surface area contributed by atoms with E-state index in [2.05, 4.69) is 33.6 Å². The molecule has 4 unspecified atom stereocenters. The molecule has 0 aromatic rings. The fourth-order valence-corrected chi connectivity index (χ4v) is 3.13. The largest absolute Gasteiger partial charge is 0.481 e. The number of carbonyl (C=O) groups is 5. The molecule has 0 aromatic carbocycles. The Bertz CT molecular complexity index is 779. The Labute approximate surface area is 214 Å². The van der Waals surface area contributed by atoms with E-state index in [1.54, 1.807) is 0 Å². The lowest BCUT2D eigenvalue weighted by atomic mass is 10.0. The summed E-state index contributed by atoms with van der Waals surface area (Å²) < 4.78 is 0. The molecule has 3 amide bonds. The number of rotatable bonds is 19. The minimum atomic E-state index is -1.49. The van der Waals surface area contributed by atoms with Crippen molar-refractivity contribution in [3.8, 4) is 0 Å². The first-order chi connectivity index (χ1) is 16.9. The maximum atomic E-state index is 13.0. The van der Waals surface area contributed by atoms with E-state index in [1.165, 1.54) is 0 Å². The maximum absolute atomic E-state index is 13.0. The zero-order valence-electron chi connectivity index (χ0n) is 20.0. The van der Waals surface area contributed by atoms with Crippen molar-refractivity contribution in [3.63, 3.8) is 0 Å². The van der Waals surface area contributed by atoms with E-state index in [4.69, 9.17) is 28.0 Å². The molecule has 0 aliphatic carbocycles. The van der Waals surface area contributed by atoms with Gasteiger partial charge in [-0.2, -0.15) is 12.6 Å². The number of guanidine groups is 1. The lowest BCUT2D eigenvalue weighted by molar-refractivity contribution is -0.143. The van der Waals surface area contributed by atoms with Crippen molar-refractivity contribution >= 4 is 48.2 Å². The van der Waals surface area contributed by atoms with E-state index in [0.29, 0.717) is 19.4 Å². The van der Waals surface area contributed by atoms with E-state index in [0.717, 1.165) is 0 Å². The minimum Gasteiger partial charge on any atom is -0.481 e. The monoisotopic (exact) mass is 534 g/mol. The number of nitrogens with one attached hydrogen (secondary N) is 3. The smallest absolute Gasteiger partial charge is 0.326 e. The van der Waals surface area contributed by atoms with Crippen LogP contribution in [-0.2, 0) is 24.0 Å². The van der Waals surface area contributed by atoms with Crippen molar-refractivity contribution in [3.05, 3.63) is 0 Å². The van der Waals surface area contributed by atoms with Crippen LogP contribution >= 0.6 is 12.6 Å². The van der Waals surface area contributed by atoms with E-state index < -0.39 is 60.2 Å². The van der Waals surface area contributed by atoms with Crippen molar-refractivity contribution in [2.45, 2.75) is 69.1 Å². The van der Waals surface area contributed by atoms with E-state index in [9.17, 15) is 29.1 Å². The number of carbonyl (C=O) groups excluding carboxylic acids is 3. The second kappa shape index (κ2) is 18.2. The van der Waals surface area contributed by atoms with Gasteiger partial charge in [0.1, 0.15) is 18.1 Å². The molecule has 0 spiro atoms. The molecule has 0 rings (SSSR count). The van der Waals surface area contributed by atoms with Gasteiger partial charge in [0.2, 0.25) is 17.7 Å². The summed E-state index contributed by atoms with van der Waals surface area (Å²) in [5.41, 5.74) is 21.7. The number of unbranched alkanes of at least 4 members (excludes halogenated alkanes) is 1. The third-order valence-electron chi connectivity index (χ3n) is 4.95. The Morgan fingerprint density at radius 3 is 1.81 bits per heavy atom. The standard InChI is InChI=1S/C20H38N8O7S/c21-8-2-1-4-12(26-16(31)11(22)10-36)17(32)27-13(5-3-9-25-20(23)24)18(33)28-14(19(34)35)6-7-15(29)30/h11-14,36H,1-10,21-22H2,(H,26,31)(H,27,32)(H,28,33)(H,29,30)(H,34,35)(H4,23,24,25). The molecule has 0 heterocycles. The minimum absolute atomic E-state index is 0.0270. The lowest BCUT2D eigenvalue weighted by Crippen LogP contribution is -2.57. The number of carboxylic acid groups (broad SMARTS) is 2. The average molecular weight is 535 g/mol. The molecule has 0 bridgehead atoms. The fourth-order valence-electron chi connectivity index (χ4n) is 2.97. The zero-order valence-corrected chi connectivity index (χ0v) is 20.9. The van der Waals surface area contributed by atoms with Gasteiger partial charge in [0.05, 0.1) is 6.04 Å². The molecule has 15 nitrogen and oxygen atoms in total. The van der Waals surface area contributed by atoms with Crippen molar-refractivity contribution in [1.29, 1.82) is 0 Å². The van der Waals surface area contributed by atoms with Gasteiger partial charge in [-0.25, -0.2) is 4.79 Å². The zero-order chi connectivity index (χ0) is 27.7. The normalized spacial score (nSPS) is 14.0. The van der Waals surface area contributed by atoms with Gasteiger partial charge < -0.3 is 49.1 Å². The van der Waals surface area contributed by atoms with Gasteiger partial charge in [-0.3, -0.25) is 24.2 Å². The highest BCUT2D eigenvalue weighted by atomic mass is 32.1. The Hall–Kier alpha value is -3.11. The quantitative estimate of drug-likeness (QED) is 0.0341. The number of amides is 3. The van der Waals surface area contributed by atoms with Crippen molar-refractivity contribution in [2.75, 3.05) is 18.8 Å². The predicted octanol–water partition coefficient (Wildman–Crippen LogP) is -3.17. The molecule has 13 N–H and O–H groups in total. The lowest BCUT2D eigenvalue weighted by Gasteiger charge is -2.25. The van der Waals surface area contributed by atoms with Crippen molar-refractivity contribution in [1.82, 2.24) is 16.0 Å². The summed E-state index contributed by atoms with van der Waals surface area (Å²) in [5.74, 6) is -4.91. The number of hydrogen-bond acceptors (Lipinski definition) is 9. The Morgan fingerprint density at radius 2 is 1.33 bits per heavy atom. The molecule has 0 radical (unpaired) electrons. The summed E-state index contributed by atoms with van der Waals surface area (Å²) in [6.45, 7) is 0.512. The van der Waals surface area contributed by atoms with E-state index in [-0.39, 0.29) is 43.9 Å². The van der Waals surface area contributed by atoms with Gasteiger partial charge in [0, 0.05) is 18.7 Å².